The maximum absolute atomic E-state index is 5.83. The molecule has 1 atom stereocenters. The molecule has 80 valence electrons. The molecule has 15 heavy (non-hydrogen) atoms. The third kappa shape index (κ3) is 3.00. The lowest BCUT2D eigenvalue weighted by molar-refractivity contribution is 0.412. The molecule has 0 spiro atoms. The first kappa shape index (κ1) is 11.6. The van der Waals surface area contributed by atoms with E-state index in [0.29, 0.717) is 18.0 Å². The van der Waals surface area contributed by atoms with Gasteiger partial charge < -0.3 is 10.1 Å². The predicted octanol–water partition coefficient (Wildman–Crippen LogP) is 1.96. The van der Waals surface area contributed by atoms with E-state index in [1.54, 1.807) is 0 Å². The summed E-state index contributed by atoms with van der Waals surface area (Å²) < 4.78 is 5.08. The van der Waals surface area contributed by atoms with Crippen LogP contribution in [0.25, 0.3) is 0 Å². The Labute approximate surface area is 94.0 Å². The van der Waals surface area contributed by atoms with Crippen LogP contribution in [-0.2, 0) is 0 Å². The Kier molecular flexibility index (Phi) is 4.19. The standard InChI is InChI=1S/C10H12ClN3O/c1-4-5-7(2)14-10-8(15-3)9(11)12-6-13-10/h1,6-7H,5H2,2-3H3,(H,12,13,14). The van der Waals surface area contributed by atoms with Crippen LogP contribution < -0.4 is 10.1 Å². The lowest BCUT2D eigenvalue weighted by Gasteiger charge is -2.14. The summed E-state index contributed by atoms with van der Waals surface area (Å²) in [5.41, 5.74) is 0. The fourth-order valence-electron chi connectivity index (χ4n) is 1.10. The van der Waals surface area contributed by atoms with Crippen molar-refractivity contribution in [3.8, 4) is 18.1 Å². The largest absolute Gasteiger partial charge is 0.490 e. The number of aromatic nitrogens is 2. The van der Waals surface area contributed by atoms with Crippen LogP contribution in [0.3, 0.4) is 0 Å². The third-order valence-corrected chi connectivity index (χ3v) is 2.04. The molecule has 1 rings (SSSR count). The van der Waals surface area contributed by atoms with Gasteiger partial charge in [0, 0.05) is 12.5 Å². The van der Waals surface area contributed by atoms with Crippen molar-refractivity contribution < 1.29 is 4.74 Å². The lowest BCUT2D eigenvalue weighted by Crippen LogP contribution is -2.16. The number of methoxy groups -OCH3 is 1. The van der Waals surface area contributed by atoms with Gasteiger partial charge in [-0.3, -0.25) is 0 Å². The molecule has 4 nitrogen and oxygen atoms in total. The number of ether oxygens (including phenoxy) is 1. The van der Waals surface area contributed by atoms with Crippen molar-refractivity contribution in [3.63, 3.8) is 0 Å². The van der Waals surface area contributed by atoms with Gasteiger partial charge in [0.05, 0.1) is 7.11 Å². The Morgan fingerprint density at radius 2 is 2.40 bits per heavy atom. The van der Waals surface area contributed by atoms with Gasteiger partial charge >= 0.3 is 0 Å². The minimum absolute atomic E-state index is 0.106. The number of rotatable bonds is 4. The molecule has 0 aliphatic heterocycles. The van der Waals surface area contributed by atoms with E-state index in [9.17, 15) is 0 Å². The first-order chi connectivity index (χ1) is 7.19. The molecule has 1 N–H and O–H groups in total. The van der Waals surface area contributed by atoms with E-state index in [1.165, 1.54) is 13.4 Å². The summed E-state index contributed by atoms with van der Waals surface area (Å²) in [6, 6.07) is 0.106. The van der Waals surface area contributed by atoms with E-state index in [-0.39, 0.29) is 11.2 Å². The minimum atomic E-state index is 0.106. The van der Waals surface area contributed by atoms with Crippen molar-refractivity contribution in [2.75, 3.05) is 12.4 Å². The molecule has 1 unspecified atom stereocenters. The van der Waals surface area contributed by atoms with E-state index in [2.05, 4.69) is 21.2 Å². The Morgan fingerprint density at radius 3 is 3.00 bits per heavy atom. The molecule has 5 heteroatoms. The SMILES string of the molecule is C#CCC(C)Nc1ncnc(Cl)c1OC. The molecule has 1 aromatic rings. The van der Waals surface area contributed by atoms with Gasteiger partial charge in [-0.1, -0.05) is 11.6 Å². The number of hydrogen-bond donors (Lipinski definition) is 1. The second-order valence-electron chi connectivity index (χ2n) is 3.00. The molecule has 0 aromatic carbocycles. The third-order valence-electron chi connectivity index (χ3n) is 1.77. The summed E-state index contributed by atoms with van der Waals surface area (Å²) >= 11 is 5.83. The van der Waals surface area contributed by atoms with Crippen molar-refractivity contribution in [2.45, 2.75) is 19.4 Å². The summed E-state index contributed by atoms with van der Waals surface area (Å²) in [6.45, 7) is 1.95. The fraction of sp³-hybridized carbons (Fsp3) is 0.400. The first-order valence-corrected chi connectivity index (χ1v) is 4.81. The zero-order chi connectivity index (χ0) is 11.3. The average Bonchev–Trinajstić information content (AvgIpc) is 2.18. The number of anilines is 1. The maximum Gasteiger partial charge on any atom is 0.198 e. The van der Waals surface area contributed by atoms with Crippen molar-refractivity contribution in [1.82, 2.24) is 9.97 Å². The van der Waals surface area contributed by atoms with E-state index < -0.39 is 0 Å². The van der Waals surface area contributed by atoms with Gasteiger partial charge in [0.1, 0.15) is 6.33 Å². The molecule has 0 saturated carbocycles. The van der Waals surface area contributed by atoms with Crippen LogP contribution >= 0.6 is 11.6 Å². The van der Waals surface area contributed by atoms with Crippen molar-refractivity contribution >= 4 is 17.4 Å². The number of hydrogen-bond acceptors (Lipinski definition) is 4. The lowest BCUT2D eigenvalue weighted by atomic mass is 10.2. The Bertz CT molecular complexity index is 375. The number of terminal acetylenes is 1. The van der Waals surface area contributed by atoms with Crippen molar-refractivity contribution in [3.05, 3.63) is 11.5 Å². The second kappa shape index (κ2) is 5.42. The molecule has 0 amide bonds. The van der Waals surface area contributed by atoms with Crippen LogP contribution in [0.15, 0.2) is 6.33 Å². The van der Waals surface area contributed by atoms with Gasteiger partial charge in [-0.05, 0) is 6.92 Å². The van der Waals surface area contributed by atoms with Gasteiger partial charge in [-0.15, -0.1) is 12.3 Å². The van der Waals surface area contributed by atoms with Crippen LogP contribution in [0.5, 0.6) is 5.75 Å². The fourth-order valence-corrected chi connectivity index (χ4v) is 1.31. The van der Waals surface area contributed by atoms with Crippen LogP contribution in [0.1, 0.15) is 13.3 Å². The molecule has 0 aliphatic rings. The minimum Gasteiger partial charge on any atom is -0.490 e. The summed E-state index contributed by atoms with van der Waals surface area (Å²) in [5.74, 6) is 3.55. The highest BCUT2D eigenvalue weighted by molar-refractivity contribution is 6.31. The summed E-state index contributed by atoms with van der Waals surface area (Å²) in [5, 5.41) is 3.38. The molecule has 0 bridgehead atoms. The average molecular weight is 226 g/mol. The van der Waals surface area contributed by atoms with Crippen LogP contribution in [-0.4, -0.2) is 23.1 Å². The summed E-state index contributed by atoms with van der Waals surface area (Å²) in [6.07, 6.45) is 7.18. The van der Waals surface area contributed by atoms with Crippen LogP contribution in [0, 0.1) is 12.3 Å². The quantitative estimate of drug-likeness (QED) is 0.629. The second-order valence-corrected chi connectivity index (χ2v) is 3.36. The van der Waals surface area contributed by atoms with Gasteiger partial charge in [0.2, 0.25) is 0 Å². The number of nitrogens with one attached hydrogen (secondary N) is 1. The molecule has 0 aliphatic carbocycles. The van der Waals surface area contributed by atoms with E-state index in [1.807, 2.05) is 6.92 Å². The van der Waals surface area contributed by atoms with Crippen LogP contribution in [0.4, 0.5) is 5.82 Å². The monoisotopic (exact) mass is 225 g/mol. The molecule has 0 radical (unpaired) electrons. The summed E-state index contributed by atoms with van der Waals surface area (Å²) in [7, 11) is 1.52. The molecular formula is C10H12ClN3O. The zero-order valence-electron chi connectivity index (χ0n) is 8.62. The van der Waals surface area contributed by atoms with Gasteiger partial charge in [0.15, 0.2) is 16.7 Å². The van der Waals surface area contributed by atoms with Gasteiger partial charge in [-0.25, -0.2) is 9.97 Å². The topological polar surface area (TPSA) is 47.0 Å². The van der Waals surface area contributed by atoms with Crippen molar-refractivity contribution in [2.24, 2.45) is 0 Å². The van der Waals surface area contributed by atoms with Crippen molar-refractivity contribution in [1.29, 1.82) is 0 Å². The number of nitrogens with zero attached hydrogens (tertiary/aromatic N) is 2. The van der Waals surface area contributed by atoms with Gasteiger partial charge in [0.25, 0.3) is 0 Å². The molecule has 0 saturated heterocycles. The molecular weight excluding hydrogens is 214 g/mol. The Hall–Kier alpha value is -1.47. The van der Waals surface area contributed by atoms with E-state index in [0.717, 1.165) is 0 Å². The van der Waals surface area contributed by atoms with E-state index in [4.69, 9.17) is 22.8 Å². The molecule has 1 heterocycles. The van der Waals surface area contributed by atoms with Gasteiger partial charge in [-0.2, -0.15) is 0 Å². The predicted molar refractivity (Wildman–Crippen MR) is 60.1 cm³/mol. The summed E-state index contributed by atoms with van der Waals surface area (Å²) in [4.78, 5) is 7.85. The highest BCUT2D eigenvalue weighted by atomic mass is 35.5. The molecule has 0 fully saturated rings. The normalized spacial score (nSPS) is 11.6. The number of halogens is 1. The van der Waals surface area contributed by atoms with Crippen LogP contribution in [0.2, 0.25) is 5.15 Å². The van der Waals surface area contributed by atoms with E-state index >= 15 is 0 Å². The first-order valence-electron chi connectivity index (χ1n) is 4.43. The Morgan fingerprint density at radius 1 is 1.67 bits per heavy atom. The highest BCUT2D eigenvalue weighted by Gasteiger charge is 2.11. The molecule has 1 aromatic heterocycles. The zero-order valence-corrected chi connectivity index (χ0v) is 9.38. The smallest absolute Gasteiger partial charge is 0.198 e. The highest BCUT2D eigenvalue weighted by Crippen LogP contribution is 2.28. The maximum atomic E-state index is 5.83. The Balaban J connectivity index is 2.85.